The fraction of sp³-hybridized carbons (Fsp3) is 0.700. The van der Waals surface area contributed by atoms with Gasteiger partial charge in [-0.15, -0.1) is 0 Å². The maximum Gasteiger partial charge on any atom is 0.0777 e. The van der Waals surface area contributed by atoms with Crippen LogP contribution in [0.4, 0.5) is 0 Å². The molecule has 0 aliphatic heterocycles. The molecular weight excluding hydrogens is 272 g/mol. The number of allylic oxidation sites excluding steroid dienone is 4. The van der Waals surface area contributed by atoms with Crippen LogP contribution in [-0.2, 0) is 0 Å². The highest BCUT2D eigenvalue weighted by Crippen LogP contribution is 2.54. The summed E-state index contributed by atoms with van der Waals surface area (Å²) in [5, 5.41) is 20.2. The Morgan fingerprint density at radius 3 is 2.77 bits per heavy atom. The van der Waals surface area contributed by atoms with Gasteiger partial charge in [-0.2, -0.15) is 0 Å². The van der Waals surface area contributed by atoms with Gasteiger partial charge in [-0.3, -0.25) is 0 Å². The van der Waals surface area contributed by atoms with Crippen molar-refractivity contribution in [1.82, 2.24) is 0 Å². The van der Waals surface area contributed by atoms with Crippen molar-refractivity contribution in [2.45, 2.75) is 65.4 Å². The van der Waals surface area contributed by atoms with Gasteiger partial charge in [-0.05, 0) is 75.2 Å². The molecule has 0 aromatic rings. The smallest absolute Gasteiger partial charge is 0.0777 e. The maximum atomic E-state index is 10.6. The van der Waals surface area contributed by atoms with Crippen molar-refractivity contribution in [3.05, 3.63) is 35.5 Å². The molecule has 1 saturated carbocycles. The number of fused-ring (bicyclic) bond motifs is 1. The van der Waals surface area contributed by atoms with Crippen molar-refractivity contribution in [2.75, 3.05) is 6.61 Å². The van der Waals surface area contributed by atoms with Crippen molar-refractivity contribution in [2.24, 2.45) is 17.3 Å². The molecule has 0 radical (unpaired) electrons. The van der Waals surface area contributed by atoms with Crippen LogP contribution in [0.25, 0.3) is 0 Å². The third kappa shape index (κ3) is 3.72. The highest BCUT2D eigenvalue weighted by molar-refractivity contribution is 5.16. The lowest BCUT2D eigenvalue weighted by Gasteiger charge is -2.36. The van der Waals surface area contributed by atoms with E-state index < -0.39 is 6.10 Å². The first-order chi connectivity index (χ1) is 10.4. The summed E-state index contributed by atoms with van der Waals surface area (Å²) in [5.74, 6) is 1.11. The predicted octanol–water partition coefficient (Wildman–Crippen LogP) is 4.39. The molecule has 2 nitrogen and oxygen atoms in total. The Morgan fingerprint density at radius 1 is 1.41 bits per heavy atom. The highest BCUT2D eigenvalue weighted by atomic mass is 16.3. The van der Waals surface area contributed by atoms with Gasteiger partial charge in [-0.1, -0.05) is 36.8 Å². The Balaban J connectivity index is 2.33. The molecule has 2 aliphatic carbocycles. The third-order valence-corrected chi connectivity index (χ3v) is 5.98. The van der Waals surface area contributed by atoms with Crippen LogP contribution >= 0.6 is 0 Å². The maximum absolute atomic E-state index is 10.6. The molecule has 0 aromatic heterocycles. The van der Waals surface area contributed by atoms with Gasteiger partial charge in [0.1, 0.15) is 0 Å². The lowest BCUT2D eigenvalue weighted by atomic mass is 9.70. The molecule has 0 spiro atoms. The van der Waals surface area contributed by atoms with E-state index in [0.717, 1.165) is 37.7 Å². The van der Waals surface area contributed by atoms with E-state index in [4.69, 9.17) is 0 Å². The van der Waals surface area contributed by atoms with Crippen molar-refractivity contribution in [3.63, 3.8) is 0 Å². The molecule has 0 saturated heterocycles. The minimum absolute atomic E-state index is 0.0331. The number of rotatable bonds is 2. The predicted molar refractivity (Wildman–Crippen MR) is 92.5 cm³/mol. The zero-order chi connectivity index (χ0) is 16.3. The molecule has 4 atom stereocenters. The summed E-state index contributed by atoms with van der Waals surface area (Å²) in [6.45, 7) is 10.8. The fourth-order valence-corrected chi connectivity index (χ4v) is 4.44. The normalized spacial score (nSPS) is 41.6. The van der Waals surface area contributed by atoms with Crippen LogP contribution in [-0.4, -0.2) is 22.9 Å². The highest BCUT2D eigenvalue weighted by Gasteiger charge is 2.45. The quantitative estimate of drug-likeness (QED) is 0.743. The molecular formula is C20H32O2. The first kappa shape index (κ1) is 17.5. The summed E-state index contributed by atoms with van der Waals surface area (Å²) in [6, 6.07) is 0. The van der Waals surface area contributed by atoms with Crippen LogP contribution in [0.5, 0.6) is 0 Å². The summed E-state index contributed by atoms with van der Waals surface area (Å²) < 4.78 is 0. The number of hydrogen-bond acceptors (Lipinski definition) is 2. The van der Waals surface area contributed by atoms with Crippen molar-refractivity contribution < 1.29 is 10.2 Å². The molecule has 0 bridgehead atoms. The molecule has 2 aliphatic rings. The third-order valence-electron chi connectivity index (χ3n) is 5.98. The largest absolute Gasteiger partial charge is 0.392 e. The van der Waals surface area contributed by atoms with Crippen LogP contribution in [0, 0.1) is 17.3 Å². The molecule has 1 fully saturated rings. The van der Waals surface area contributed by atoms with Crippen molar-refractivity contribution in [1.29, 1.82) is 0 Å². The van der Waals surface area contributed by atoms with Crippen molar-refractivity contribution in [3.8, 4) is 0 Å². The second kappa shape index (κ2) is 7.14. The van der Waals surface area contributed by atoms with Gasteiger partial charge in [0.2, 0.25) is 0 Å². The van der Waals surface area contributed by atoms with E-state index in [1.165, 1.54) is 17.6 Å². The average Bonchev–Trinajstić information content (AvgIpc) is 2.76. The standard InChI is InChI=1S/C20H32O2/c1-14(2)17-10-11-20(4)12-19(22)16(13-21)7-5-6-15(3)8-9-18(17)20/h7-8,17-19,21-22H,1,5-6,9-13H2,2-4H3/b15-8+,16-7+/t17-,18-,19-,20+/m1/s1. The van der Waals surface area contributed by atoms with Gasteiger partial charge in [-0.25, -0.2) is 0 Å². The second-order valence-electron chi connectivity index (χ2n) is 7.73. The first-order valence-electron chi connectivity index (χ1n) is 8.66. The number of hydrogen-bond donors (Lipinski definition) is 2. The van der Waals surface area contributed by atoms with Gasteiger partial charge >= 0.3 is 0 Å². The van der Waals surface area contributed by atoms with Crippen LogP contribution < -0.4 is 0 Å². The molecule has 0 aromatic carbocycles. The minimum Gasteiger partial charge on any atom is -0.392 e. The first-order valence-corrected chi connectivity index (χ1v) is 8.66. The van der Waals surface area contributed by atoms with Crippen molar-refractivity contribution >= 4 is 0 Å². The van der Waals surface area contributed by atoms with Crippen LogP contribution in [0.2, 0.25) is 0 Å². The lowest BCUT2D eigenvalue weighted by molar-refractivity contribution is 0.0903. The van der Waals surface area contributed by atoms with E-state index in [0.29, 0.717) is 11.8 Å². The zero-order valence-corrected chi connectivity index (χ0v) is 14.4. The Kier molecular flexibility index (Phi) is 5.68. The topological polar surface area (TPSA) is 40.5 Å². The average molecular weight is 304 g/mol. The van der Waals surface area contributed by atoms with Gasteiger partial charge < -0.3 is 10.2 Å². The SMILES string of the molecule is C=C(C)[C@H]1CC[C@@]2(C)C[C@@H](O)/C(CO)=C/CC/C(C)=C/C[C@H]12. The van der Waals surface area contributed by atoms with Gasteiger partial charge in [0, 0.05) is 0 Å². The van der Waals surface area contributed by atoms with E-state index >= 15 is 0 Å². The van der Waals surface area contributed by atoms with E-state index in [1.807, 2.05) is 6.08 Å². The Labute approximate surface area is 135 Å². The van der Waals surface area contributed by atoms with Gasteiger partial charge in [0.05, 0.1) is 12.7 Å². The zero-order valence-electron chi connectivity index (χ0n) is 14.4. The summed E-state index contributed by atoms with van der Waals surface area (Å²) in [4.78, 5) is 0. The number of aliphatic hydroxyl groups is 2. The monoisotopic (exact) mass is 304 g/mol. The van der Waals surface area contributed by atoms with E-state index in [-0.39, 0.29) is 12.0 Å². The summed E-state index contributed by atoms with van der Waals surface area (Å²) in [7, 11) is 0. The summed E-state index contributed by atoms with van der Waals surface area (Å²) >= 11 is 0. The van der Waals surface area contributed by atoms with Crippen LogP contribution in [0.1, 0.15) is 59.3 Å². The fourth-order valence-electron chi connectivity index (χ4n) is 4.44. The van der Waals surface area contributed by atoms with Gasteiger partial charge in [0.15, 0.2) is 0 Å². The van der Waals surface area contributed by atoms with Crippen LogP contribution in [0.15, 0.2) is 35.5 Å². The van der Waals surface area contributed by atoms with E-state index in [9.17, 15) is 10.2 Å². The Morgan fingerprint density at radius 2 is 2.14 bits per heavy atom. The molecule has 2 rings (SSSR count). The second-order valence-corrected chi connectivity index (χ2v) is 7.73. The lowest BCUT2D eigenvalue weighted by Crippen LogP contribution is -2.31. The Hall–Kier alpha value is -0.860. The summed E-state index contributed by atoms with van der Waals surface area (Å²) in [6.07, 6.45) is 9.98. The van der Waals surface area contributed by atoms with Gasteiger partial charge in [0.25, 0.3) is 0 Å². The molecule has 0 heterocycles. The molecule has 124 valence electrons. The molecule has 22 heavy (non-hydrogen) atoms. The molecule has 0 unspecified atom stereocenters. The minimum atomic E-state index is -0.514. The molecule has 2 heteroatoms. The van der Waals surface area contributed by atoms with E-state index in [1.54, 1.807) is 0 Å². The molecule has 2 N–H and O–H groups in total. The number of aliphatic hydroxyl groups excluding tert-OH is 2. The summed E-state index contributed by atoms with van der Waals surface area (Å²) in [5.41, 5.74) is 3.62. The van der Waals surface area contributed by atoms with Crippen LogP contribution in [0.3, 0.4) is 0 Å². The molecule has 0 amide bonds. The Bertz CT molecular complexity index is 474. The van der Waals surface area contributed by atoms with E-state index in [2.05, 4.69) is 33.4 Å².